The summed E-state index contributed by atoms with van der Waals surface area (Å²) in [4.78, 5) is 16.8. The number of thiazole rings is 1. The zero-order chi connectivity index (χ0) is 11.9. The second-order valence-corrected chi connectivity index (χ2v) is 6.26. The molecule has 3 rings (SSSR count). The lowest BCUT2D eigenvalue weighted by Crippen LogP contribution is -2.17. The first-order chi connectivity index (χ1) is 8.20. The summed E-state index contributed by atoms with van der Waals surface area (Å²) < 4.78 is 0. The van der Waals surface area contributed by atoms with Crippen LogP contribution in [0.15, 0.2) is 22.9 Å². The van der Waals surface area contributed by atoms with Crippen LogP contribution in [0.3, 0.4) is 0 Å². The smallest absolute Gasteiger partial charge is 0.310 e. The van der Waals surface area contributed by atoms with Gasteiger partial charge in [-0.25, -0.2) is 4.98 Å². The second-order valence-electron chi connectivity index (χ2n) is 4.37. The first-order valence-corrected chi connectivity index (χ1v) is 7.17. The van der Waals surface area contributed by atoms with Crippen molar-refractivity contribution in [2.45, 2.75) is 19.3 Å². The molecule has 0 atom stereocenters. The van der Waals surface area contributed by atoms with Gasteiger partial charge in [-0.15, -0.1) is 22.7 Å². The highest BCUT2D eigenvalue weighted by molar-refractivity contribution is 7.14. The number of rotatable bonds is 4. The standard InChI is InChI=1S/C12H11NO2S2/c14-11(15)12(3-4-12)6-10-13-8(7-17-10)9-2-1-5-16-9/h1-2,5,7H,3-4,6H2,(H,14,15). The topological polar surface area (TPSA) is 50.2 Å². The van der Waals surface area contributed by atoms with Crippen LogP contribution in [-0.2, 0) is 11.2 Å². The highest BCUT2D eigenvalue weighted by Gasteiger charge is 2.50. The van der Waals surface area contributed by atoms with Crippen LogP contribution in [0, 0.1) is 5.41 Å². The molecule has 2 aromatic rings. The van der Waals surface area contributed by atoms with Crippen molar-refractivity contribution in [2.24, 2.45) is 5.41 Å². The van der Waals surface area contributed by atoms with Gasteiger partial charge in [0.2, 0.25) is 0 Å². The van der Waals surface area contributed by atoms with Gasteiger partial charge in [0, 0.05) is 11.8 Å². The first kappa shape index (κ1) is 10.9. The average Bonchev–Trinajstić information content (AvgIpc) is 2.76. The summed E-state index contributed by atoms with van der Waals surface area (Å²) in [6.45, 7) is 0. The van der Waals surface area contributed by atoms with E-state index in [-0.39, 0.29) is 0 Å². The fraction of sp³-hybridized carbons (Fsp3) is 0.333. The number of aromatic nitrogens is 1. The van der Waals surface area contributed by atoms with Gasteiger partial charge in [-0.05, 0) is 24.3 Å². The third-order valence-electron chi connectivity index (χ3n) is 3.12. The van der Waals surface area contributed by atoms with E-state index in [0.29, 0.717) is 6.42 Å². The number of aliphatic carboxylic acids is 1. The van der Waals surface area contributed by atoms with E-state index in [9.17, 15) is 4.79 Å². The zero-order valence-corrected chi connectivity index (χ0v) is 10.7. The minimum atomic E-state index is -0.676. The molecule has 0 aliphatic heterocycles. The summed E-state index contributed by atoms with van der Waals surface area (Å²) in [5, 5.41) is 14.1. The highest BCUT2D eigenvalue weighted by Crippen LogP contribution is 2.49. The van der Waals surface area contributed by atoms with Crippen LogP contribution in [-0.4, -0.2) is 16.1 Å². The van der Waals surface area contributed by atoms with Crippen molar-refractivity contribution >= 4 is 28.6 Å². The van der Waals surface area contributed by atoms with E-state index in [2.05, 4.69) is 4.98 Å². The molecule has 0 aromatic carbocycles. The molecule has 88 valence electrons. The monoisotopic (exact) mass is 265 g/mol. The molecular weight excluding hydrogens is 254 g/mol. The van der Waals surface area contributed by atoms with Gasteiger partial charge in [0.25, 0.3) is 0 Å². The Balaban J connectivity index is 1.80. The van der Waals surface area contributed by atoms with Gasteiger partial charge in [0.05, 0.1) is 21.0 Å². The maximum atomic E-state index is 11.1. The zero-order valence-electron chi connectivity index (χ0n) is 9.05. The molecular formula is C12H11NO2S2. The van der Waals surface area contributed by atoms with E-state index >= 15 is 0 Å². The minimum Gasteiger partial charge on any atom is -0.481 e. The molecule has 0 unspecified atom stereocenters. The van der Waals surface area contributed by atoms with Crippen LogP contribution in [0.25, 0.3) is 10.6 Å². The Hall–Kier alpha value is -1.20. The summed E-state index contributed by atoms with van der Waals surface area (Å²) in [7, 11) is 0. The number of hydrogen-bond donors (Lipinski definition) is 1. The highest BCUT2D eigenvalue weighted by atomic mass is 32.1. The van der Waals surface area contributed by atoms with Crippen molar-refractivity contribution < 1.29 is 9.90 Å². The molecule has 5 heteroatoms. The number of thiophene rings is 1. The fourth-order valence-electron chi connectivity index (χ4n) is 1.84. The van der Waals surface area contributed by atoms with Gasteiger partial charge in [0.1, 0.15) is 0 Å². The molecule has 17 heavy (non-hydrogen) atoms. The van der Waals surface area contributed by atoms with Crippen molar-refractivity contribution in [1.29, 1.82) is 0 Å². The maximum Gasteiger partial charge on any atom is 0.310 e. The molecule has 1 aliphatic carbocycles. The summed E-state index contributed by atoms with van der Waals surface area (Å²) in [5.41, 5.74) is 0.464. The van der Waals surface area contributed by atoms with Crippen molar-refractivity contribution in [1.82, 2.24) is 4.98 Å². The number of hydrogen-bond acceptors (Lipinski definition) is 4. The summed E-state index contributed by atoms with van der Waals surface area (Å²) in [6.07, 6.45) is 2.16. The molecule has 3 nitrogen and oxygen atoms in total. The molecule has 1 N–H and O–H groups in total. The fourth-order valence-corrected chi connectivity index (χ4v) is 3.53. The lowest BCUT2D eigenvalue weighted by Gasteiger charge is -2.05. The molecule has 1 aliphatic rings. The minimum absolute atomic E-state index is 0.509. The number of carboxylic acids is 1. The van der Waals surface area contributed by atoms with Gasteiger partial charge in [-0.3, -0.25) is 4.79 Å². The quantitative estimate of drug-likeness (QED) is 0.923. The number of carboxylic acid groups (broad SMARTS) is 1. The van der Waals surface area contributed by atoms with E-state index in [1.165, 1.54) is 0 Å². The Morgan fingerprint density at radius 2 is 2.29 bits per heavy atom. The third kappa shape index (κ3) is 2.00. The molecule has 2 aromatic heterocycles. The Labute approximate surface area is 107 Å². The van der Waals surface area contributed by atoms with Crippen LogP contribution in [0.5, 0.6) is 0 Å². The largest absolute Gasteiger partial charge is 0.481 e. The van der Waals surface area contributed by atoms with E-state index in [1.807, 2.05) is 22.9 Å². The predicted molar refractivity (Wildman–Crippen MR) is 68.4 cm³/mol. The lowest BCUT2D eigenvalue weighted by molar-refractivity contribution is -0.143. The molecule has 0 amide bonds. The van der Waals surface area contributed by atoms with Crippen LogP contribution in [0.2, 0.25) is 0 Å². The molecule has 0 saturated heterocycles. The van der Waals surface area contributed by atoms with Gasteiger partial charge in [-0.1, -0.05) is 6.07 Å². The Bertz CT molecular complexity index is 541. The van der Waals surface area contributed by atoms with Gasteiger partial charge < -0.3 is 5.11 Å². The molecule has 2 heterocycles. The normalized spacial score (nSPS) is 16.9. The maximum absolute atomic E-state index is 11.1. The van der Waals surface area contributed by atoms with E-state index in [4.69, 9.17) is 5.11 Å². The van der Waals surface area contributed by atoms with Crippen molar-refractivity contribution in [2.75, 3.05) is 0 Å². The van der Waals surface area contributed by atoms with Crippen molar-refractivity contribution in [3.8, 4) is 10.6 Å². The van der Waals surface area contributed by atoms with Gasteiger partial charge in [0.15, 0.2) is 0 Å². The van der Waals surface area contributed by atoms with Gasteiger partial charge in [-0.2, -0.15) is 0 Å². The van der Waals surface area contributed by atoms with E-state index < -0.39 is 11.4 Å². The van der Waals surface area contributed by atoms with E-state index in [1.54, 1.807) is 22.7 Å². The van der Waals surface area contributed by atoms with Crippen molar-refractivity contribution in [3.63, 3.8) is 0 Å². The third-order valence-corrected chi connectivity index (χ3v) is 4.86. The number of carbonyl (C=O) groups is 1. The van der Waals surface area contributed by atoms with Crippen LogP contribution in [0.1, 0.15) is 17.8 Å². The molecule has 0 bridgehead atoms. The van der Waals surface area contributed by atoms with Crippen LogP contribution < -0.4 is 0 Å². The van der Waals surface area contributed by atoms with Gasteiger partial charge >= 0.3 is 5.97 Å². The van der Waals surface area contributed by atoms with E-state index in [0.717, 1.165) is 28.4 Å². The molecule has 0 spiro atoms. The van der Waals surface area contributed by atoms with Crippen LogP contribution in [0.4, 0.5) is 0 Å². The lowest BCUT2D eigenvalue weighted by atomic mass is 10.0. The summed E-state index contributed by atoms with van der Waals surface area (Å²) in [6, 6.07) is 4.03. The Kier molecular flexibility index (Phi) is 2.52. The molecule has 1 saturated carbocycles. The number of nitrogens with zero attached hydrogens (tertiary/aromatic N) is 1. The first-order valence-electron chi connectivity index (χ1n) is 5.41. The SMILES string of the molecule is O=C(O)C1(Cc2nc(-c3cccs3)cs2)CC1. The Morgan fingerprint density at radius 1 is 1.47 bits per heavy atom. The molecule has 1 fully saturated rings. The van der Waals surface area contributed by atoms with Crippen molar-refractivity contribution in [3.05, 3.63) is 27.9 Å². The molecule has 0 radical (unpaired) electrons. The summed E-state index contributed by atoms with van der Waals surface area (Å²) >= 11 is 3.22. The van der Waals surface area contributed by atoms with Crippen LogP contribution >= 0.6 is 22.7 Å². The average molecular weight is 265 g/mol. The second kappa shape index (κ2) is 3.92. The Morgan fingerprint density at radius 3 is 2.88 bits per heavy atom. The summed E-state index contributed by atoms with van der Waals surface area (Å²) in [5.74, 6) is -0.676. The predicted octanol–water partition coefficient (Wildman–Crippen LogP) is 3.28.